The smallest absolute Gasteiger partial charge is 0.416 e. The number of anilines is 2. The first kappa shape index (κ1) is 21.0. The molecule has 3 rings (SSSR count). The highest BCUT2D eigenvalue weighted by atomic mass is 19.4. The summed E-state index contributed by atoms with van der Waals surface area (Å²) >= 11 is 0. The zero-order valence-electron chi connectivity index (χ0n) is 15.6. The predicted octanol–water partition coefficient (Wildman–Crippen LogP) is 3.87. The monoisotopic (exact) mass is 417 g/mol. The topological polar surface area (TPSA) is 90.5 Å². The molecule has 0 saturated carbocycles. The Morgan fingerprint density at radius 2 is 1.87 bits per heavy atom. The van der Waals surface area contributed by atoms with Crippen molar-refractivity contribution in [1.29, 1.82) is 0 Å². The molecule has 0 aliphatic carbocycles. The van der Waals surface area contributed by atoms with Crippen molar-refractivity contribution in [3.8, 4) is 0 Å². The third-order valence-electron chi connectivity index (χ3n) is 4.32. The second kappa shape index (κ2) is 8.73. The number of carboxylic acids is 1. The van der Waals surface area contributed by atoms with Gasteiger partial charge in [-0.15, -0.1) is 0 Å². The normalized spacial score (nSPS) is 13.6. The number of benzene rings is 2. The fourth-order valence-electron chi connectivity index (χ4n) is 2.85. The van der Waals surface area contributed by atoms with E-state index >= 15 is 0 Å². The highest BCUT2D eigenvalue weighted by Crippen LogP contribution is 2.31. The van der Waals surface area contributed by atoms with Gasteiger partial charge >= 0.3 is 12.1 Å². The van der Waals surface area contributed by atoms with Crippen molar-refractivity contribution in [1.82, 2.24) is 5.32 Å². The third kappa shape index (κ3) is 5.19. The second-order valence-electron chi connectivity index (χ2n) is 6.45. The van der Waals surface area contributed by atoms with Crippen molar-refractivity contribution >= 4 is 23.3 Å². The number of hydrogen-bond acceptors (Lipinski definition) is 4. The summed E-state index contributed by atoms with van der Waals surface area (Å²) in [4.78, 5) is 23.7. The molecule has 0 fully saturated rings. The van der Waals surface area contributed by atoms with Gasteiger partial charge in [0.1, 0.15) is 5.70 Å². The maximum absolute atomic E-state index is 12.9. The van der Waals surface area contributed by atoms with Crippen LogP contribution in [0.3, 0.4) is 0 Å². The van der Waals surface area contributed by atoms with Gasteiger partial charge in [-0.25, -0.2) is 4.79 Å². The molecule has 9 heteroatoms. The standard InChI is InChI=1S/C21H18F3N3O3/c22-21(23,24)14-4-3-5-15(11-14)27-19(28)16-6-1-2-7-17(16)26-12-13-8-9-25-18(10-13)20(29)30/h1-8,10-11,25-26H,9,12H2,(H,27,28)(H,29,30). The highest BCUT2D eigenvalue weighted by molar-refractivity contribution is 6.08. The summed E-state index contributed by atoms with van der Waals surface area (Å²) in [5, 5.41) is 17.3. The Morgan fingerprint density at radius 3 is 2.60 bits per heavy atom. The molecule has 0 spiro atoms. The van der Waals surface area contributed by atoms with E-state index in [1.165, 1.54) is 18.2 Å². The Bertz CT molecular complexity index is 1030. The Kier molecular flexibility index (Phi) is 6.10. The first-order valence-corrected chi connectivity index (χ1v) is 8.93. The molecule has 1 aliphatic rings. The zero-order chi connectivity index (χ0) is 21.7. The minimum atomic E-state index is -4.51. The van der Waals surface area contributed by atoms with Gasteiger partial charge in [0, 0.05) is 24.5 Å². The Hall–Kier alpha value is -3.75. The van der Waals surface area contributed by atoms with Gasteiger partial charge in [0.2, 0.25) is 0 Å². The Balaban J connectivity index is 1.73. The molecule has 0 atom stereocenters. The van der Waals surface area contributed by atoms with Gasteiger partial charge in [-0.1, -0.05) is 24.3 Å². The van der Waals surface area contributed by atoms with Crippen molar-refractivity contribution in [2.45, 2.75) is 6.18 Å². The van der Waals surface area contributed by atoms with Crippen molar-refractivity contribution in [2.24, 2.45) is 0 Å². The number of nitrogens with one attached hydrogen (secondary N) is 3. The summed E-state index contributed by atoms with van der Waals surface area (Å²) in [7, 11) is 0. The van der Waals surface area contributed by atoms with E-state index in [-0.39, 0.29) is 23.5 Å². The molecule has 4 N–H and O–H groups in total. The average Bonchev–Trinajstić information content (AvgIpc) is 2.72. The summed E-state index contributed by atoms with van der Waals surface area (Å²) in [5.74, 6) is -1.64. The van der Waals surface area contributed by atoms with E-state index in [4.69, 9.17) is 5.11 Å². The number of amides is 1. The van der Waals surface area contributed by atoms with Gasteiger partial charge in [-0.2, -0.15) is 13.2 Å². The number of dihydropyridines is 1. The number of alkyl halides is 3. The third-order valence-corrected chi connectivity index (χ3v) is 4.32. The Morgan fingerprint density at radius 1 is 1.10 bits per heavy atom. The van der Waals surface area contributed by atoms with E-state index in [0.29, 0.717) is 12.2 Å². The van der Waals surface area contributed by atoms with E-state index in [1.807, 2.05) is 6.08 Å². The van der Waals surface area contributed by atoms with E-state index in [9.17, 15) is 22.8 Å². The van der Waals surface area contributed by atoms with Gasteiger partial charge in [-0.3, -0.25) is 4.79 Å². The van der Waals surface area contributed by atoms with Crippen LogP contribution in [0.2, 0.25) is 0 Å². The maximum atomic E-state index is 12.9. The fourth-order valence-corrected chi connectivity index (χ4v) is 2.85. The molecule has 1 heterocycles. The van der Waals surface area contributed by atoms with Crippen LogP contribution in [0, 0.1) is 0 Å². The maximum Gasteiger partial charge on any atom is 0.416 e. The number of carboxylic acid groups (broad SMARTS) is 1. The molecule has 0 saturated heterocycles. The van der Waals surface area contributed by atoms with Crippen molar-refractivity contribution in [2.75, 3.05) is 23.7 Å². The molecule has 0 radical (unpaired) electrons. The number of para-hydroxylation sites is 1. The minimum absolute atomic E-state index is 0.0275. The second-order valence-corrected chi connectivity index (χ2v) is 6.45. The quantitative estimate of drug-likeness (QED) is 0.573. The van der Waals surface area contributed by atoms with Gasteiger partial charge in [0.05, 0.1) is 11.1 Å². The highest BCUT2D eigenvalue weighted by Gasteiger charge is 2.30. The summed E-state index contributed by atoms with van der Waals surface area (Å²) in [6, 6.07) is 10.9. The molecule has 0 bridgehead atoms. The largest absolute Gasteiger partial charge is 0.477 e. The van der Waals surface area contributed by atoms with Crippen LogP contribution in [-0.2, 0) is 11.0 Å². The van der Waals surface area contributed by atoms with E-state index in [2.05, 4.69) is 16.0 Å². The van der Waals surface area contributed by atoms with Crippen LogP contribution < -0.4 is 16.0 Å². The number of halogens is 3. The van der Waals surface area contributed by atoms with Crippen LogP contribution in [0.5, 0.6) is 0 Å². The summed E-state index contributed by atoms with van der Waals surface area (Å²) in [6.07, 6.45) is -1.21. The average molecular weight is 417 g/mol. The number of aliphatic carboxylic acids is 1. The molecule has 1 amide bonds. The first-order valence-electron chi connectivity index (χ1n) is 8.93. The Labute approximate surface area is 170 Å². The summed E-state index contributed by atoms with van der Waals surface area (Å²) < 4.78 is 38.6. The lowest BCUT2D eigenvalue weighted by Gasteiger charge is -2.16. The van der Waals surface area contributed by atoms with E-state index in [0.717, 1.165) is 17.7 Å². The predicted molar refractivity (Wildman–Crippen MR) is 106 cm³/mol. The van der Waals surface area contributed by atoms with Crippen LogP contribution in [0.15, 0.2) is 72.0 Å². The van der Waals surface area contributed by atoms with Gasteiger partial charge in [-0.05, 0) is 42.0 Å². The van der Waals surface area contributed by atoms with Crippen molar-refractivity contribution in [3.63, 3.8) is 0 Å². The lowest BCUT2D eigenvalue weighted by Crippen LogP contribution is -2.25. The number of rotatable bonds is 6. The summed E-state index contributed by atoms with van der Waals surface area (Å²) in [5.41, 5.74) is 0.674. The molecule has 1 aliphatic heterocycles. The van der Waals surface area contributed by atoms with Crippen molar-refractivity contribution in [3.05, 3.63) is 83.1 Å². The minimum Gasteiger partial charge on any atom is -0.477 e. The number of hydrogen-bond donors (Lipinski definition) is 4. The molecule has 6 nitrogen and oxygen atoms in total. The molecule has 0 unspecified atom stereocenters. The fraction of sp³-hybridized carbons (Fsp3) is 0.143. The summed E-state index contributed by atoms with van der Waals surface area (Å²) in [6.45, 7) is 0.638. The molecule has 156 valence electrons. The molecule has 0 aromatic heterocycles. The molecular weight excluding hydrogens is 399 g/mol. The van der Waals surface area contributed by atoms with Gasteiger partial charge < -0.3 is 21.1 Å². The lowest BCUT2D eigenvalue weighted by molar-refractivity contribution is -0.137. The van der Waals surface area contributed by atoms with Gasteiger partial charge in [0.15, 0.2) is 0 Å². The van der Waals surface area contributed by atoms with Crippen LogP contribution >= 0.6 is 0 Å². The first-order chi connectivity index (χ1) is 14.2. The molecule has 2 aromatic rings. The molecular formula is C21H18F3N3O3. The zero-order valence-corrected chi connectivity index (χ0v) is 15.6. The van der Waals surface area contributed by atoms with Crippen LogP contribution in [0.25, 0.3) is 0 Å². The van der Waals surface area contributed by atoms with Crippen LogP contribution in [0.4, 0.5) is 24.5 Å². The van der Waals surface area contributed by atoms with Crippen LogP contribution in [-0.4, -0.2) is 30.1 Å². The number of carbonyl (C=O) groups is 2. The van der Waals surface area contributed by atoms with E-state index < -0.39 is 23.6 Å². The lowest BCUT2D eigenvalue weighted by atomic mass is 10.1. The van der Waals surface area contributed by atoms with E-state index in [1.54, 1.807) is 24.3 Å². The molecule has 2 aromatic carbocycles. The van der Waals surface area contributed by atoms with Gasteiger partial charge in [0.25, 0.3) is 5.91 Å². The van der Waals surface area contributed by atoms with Crippen LogP contribution in [0.1, 0.15) is 15.9 Å². The molecule has 30 heavy (non-hydrogen) atoms. The SMILES string of the molecule is O=C(O)C1=CC(CNc2ccccc2C(=O)Nc2cccc(C(F)(F)F)c2)=CCN1. The number of carbonyl (C=O) groups excluding carboxylic acids is 1. The van der Waals surface area contributed by atoms with Crippen molar-refractivity contribution < 1.29 is 27.9 Å².